The fourth-order valence-corrected chi connectivity index (χ4v) is 2.43. The number of rotatable bonds is 6. The summed E-state index contributed by atoms with van der Waals surface area (Å²) in [7, 11) is 0. The molecule has 2 aromatic rings. The van der Waals surface area contributed by atoms with Crippen molar-refractivity contribution in [1.29, 1.82) is 0 Å². The average Bonchev–Trinajstić information content (AvgIpc) is 2.56. The lowest BCUT2D eigenvalue weighted by Crippen LogP contribution is -2.23. The Hall–Kier alpha value is -2.60. The molecular formula is C19H21ClN2O4. The first-order valence-corrected chi connectivity index (χ1v) is 8.62. The molecule has 0 fully saturated rings. The van der Waals surface area contributed by atoms with Gasteiger partial charge in [0.2, 0.25) is 0 Å². The van der Waals surface area contributed by atoms with Crippen LogP contribution in [0.4, 0.5) is 0 Å². The molecule has 0 bridgehead atoms. The first kappa shape index (κ1) is 19.7. The molecule has 0 radical (unpaired) electrons. The number of hydrogen-bond donors (Lipinski definition) is 2. The summed E-state index contributed by atoms with van der Waals surface area (Å²) in [5, 5.41) is 14.8. The van der Waals surface area contributed by atoms with Crippen molar-refractivity contribution in [2.24, 2.45) is 11.0 Å². The van der Waals surface area contributed by atoms with Crippen LogP contribution in [0.3, 0.4) is 0 Å². The van der Waals surface area contributed by atoms with Crippen LogP contribution in [-0.4, -0.2) is 16.7 Å². The molecule has 0 aliphatic carbocycles. The molecule has 0 aliphatic rings. The van der Waals surface area contributed by atoms with Crippen molar-refractivity contribution < 1.29 is 14.3 Å². The average molecular weight is 377 g/mol. The summed E-state index contributed by atoms with van der Waals surface area (Å²) in [6, 6.07) is 7.68. The standard InChI is InChI=1S/C19H21ClN2O4/c1-11(2)4-9-15(17-16(23)10-12(3)26-19(17)25)21-22-18(24)13-5-7-14(20)8-6-13/h5-8,10-11,23H,4,9H2,1-3H3,(H,22,24)/b21-15+. The minimum absolute atomic E-state index is 0.0346. The van der Waals surface area contributed by atoms with E-state index in [-0.39, 0.29) is 17.0 Å². The second-order valence-electron chi connectivity index (χ2n) is 6.34. The van der Waals surface area contributed by atoms with Crippen molar-refractivity contribution in [1.82, 2.24) is 5.43 Å². The number of carbonyl (C=O) groups excluding carboxylic acids is 1. The summed E-state index contributed by atoms with van der Waals surface area (Å²) in [6.45, 7) is 5.63. The molecule has 0 atom stereocenters. The molecule has 7 heteroatoms. The predicted octanol–water partition coefficient (Wildman–Crippen LogP) is 3.88. The number of hydrazone groups is 1. The lowest BCUT2D eigenvalue weighted by Gasteiger charge is -2.10. The van der Waals surface area contributed by atoms with Gasteiger partial charge in [-0.25, -0.2) is 10.2 Å². The molecular weight excluding hydrogens is 356 g/mol. The SMILES string of the molecule is Cc1cc(O)c(/C(CCC(C)C)=N/NC(=O)c2ccc(Cl)cc2)c(=O)o1. The van der Waals surface area contributed by atoms with Crippen molar-refractivity contribution >= 4 is 23.2 Å². The minimum atomic E-state index is -0.689. The predicted molar refractivity (Wildman–Crippen MR) is 101 cm³/mol. The van der Waals surface area contributed by atoms with Crippen LogP contribution in [0.15, 0.2) is 44.6 Å². The van der Waals surface area contributed by atoms with Gasteiger partial charge in [-0.3, -0.25) is 4.79 Å². The molecule has 0 saturated carbocycles. The maximum atomic E-state index is 12.2. The van der Waals surface area contributed by atoms with Crippen LogP contribution in [0, 0.1) is 12.8 Å². The molecule has 1 amide bonds. The summed E-state index contributed by atoms with van der Waals surface area (Å²) in [5.74, 6) is -0.0156. The van der Waals surface area contributed by atoms with Gasteiger partial charge in [-0.1, -0.05) is 25.4 Å². The molecule has 2 rings (SSSR count). The third kappa shape index (κ3) is 5.20. The van der Waals surface area contributed by atoms with E-state index in [0.29, 0.717) is 28.7 Å². The zero-order valence-electron chi connectivity index (χ0n) is 14.9. The van der Waals surface area contributed by atoms with Crippen LogP contribution in [0.5, 0.6) is 5.75 Å². The minimum Gasteiger partial charge on any atom is -0.507 e. The van der Waals surface area contributed by atoms with Crippen LogP contribution in [0.25, 0.3) is 0 Å². The highest BCUT2D eigenvalue weighted by Gasteiger charge is 2.18. The van der Waals surface area contributed by atoms with Gasteiger partial charge in [0.25, 0.3) is 5.91 Å². The van der Waals surface area contributed by atoms with Crippen molar-refractivity contribution in [2.45, 2.75) is 33.6 Å². The van der Waals surface area contributed by atoms with E-state index in [9.17, 15) is 14.7 Å². The number of benzene rings is 1. The van der Waals surface area contributed by atoms with Crippen LogP contribution >= 0.6 is 11.6 Å². The van der Waals surface area contributed by atoms with E-state index in [4.69, 9.17) is 16.0 Å². The van der Waals surface area contributed by atoms with E-state index in [1.54, 1.807) is 31.2 Å². The van der Waals surface area contributed by atoms with E-state index in [1.807, 2.05) is 13.8 Å². The van der Waals surface area contributed by atoms with Gasteiger partial charge >= 0.3 is 5.63 Å². The van der Waals surface area contributed by atoms with Gasteiger partial charge in [-0.05, 0) is 49.9 Å². The van der Waals surface area contributed by atoms with Gasteiger partial charge in [-0.2, -0.15) is 5.10 Å². The smallest absolute Gasteiger partial charge is 0.348 e. The maximum absolute atomic E-state index is 12.2. The van der Waals surface area contributed by atoms with E-state index in [2.05, 4.69) is 10.5 Å². The highest BCUT2D eigenvalue weighted by atomic mass is 35.5. The highest BCUT2D eigenvalue weighted by molar-refractivity contribution is 6.30. The van der Waals surface area contributed by atoms with Crippen LogP contribution < -0.4 is 11.1 Å². The zero-order chi connectivity index (χ0) is 19.3. The Balaban J connectivity index is 2.32. The summed E-state index contributed by atoms with van der Waals surface area (Å²) in [6.07, 6.45) is 1.13. The fourth-order valence-electron chi connectivity index (χ4n) is 2.31. The molecule has 26 heavy (non-hydrogen) atoms. The van der Waals surface area contributed by atoms with Gasteiger partial charge < -0.3 is 9.52 Å². The van der Waals surface area contributed by atoms with E-state index in [0.717, 1.165) is 6.42 Å². The molecule has 6 nitrogen and oxygen atoms in total. The van der Waals surface area contributed by atoms with Crippen molar-refractivity contribution in [3.63, 3.8) is 0 Å². The number of amides is 1. The summed E-state index contributed by atoms with van der Waals surface area (Å²) in [5.41, 5.74) is 2.35. The molecule has 2 N–H and O–H groups in total. The Kier molecular flexibility index (Phi) is 6.58. The molecule has 0 spiro atoms. The zero-order valence-corrected chi connectivity index (χ0v) is 15.6. The van der Waals surface area contributed by atoms with Crippen LogP contribution in [-0.2, 0) is 0 Å². The number of halogens is 1. The number of aryl methyl sites for hydroxylation is 1. The Morgan fingerprint density at radius 2 is 1.96 bits per heavy atom. The molecule has 0 aliphatic heterocycles. The van der Waals surface area contributed by atoms with Crippen molar-refractivity contribution in [3.05, 3.63) is 62.7 Å². The summed E-state index contributed by atoms with van der Waals surface area (Å²) in [4.78, 5) is 24.4. The Morgan fingerprint density at radius 1 is 1.31 bits per heavy atom. The molecule has 138 valence electrons. The largest absolute Gasteiger partial charge is 0.507 e. The third-order valence-corrected chi connectivity index (χ3v) is 3.95. The van der Waals surface area contributed by atoms with E-state index in [1.165, 1.54) is 6.07 Å². The molecule has 1 aromatic carbocycles. The van der Waals surface area contributed by atoms with Crippen LogP contribution in [0.1, 0.15) is 48.4 Å². The monoisotopic (exact) mass is 376 g/mol. The lowest BCUT2D eigenvalue weighted by atomic mass is 10.0. The summed E-state index contributed by atoms with van der Waals surface area (Å²) < 4.78 is 5.06. The quantitative estimate of drug-likeness (QED) is 0.591. The Labute approximate surface area is 156 Å². The van der Waals surface area contributed by atoms with Gasteiger partial charge in [0.1, 0.15) is 17.1 Å². The lowest BCUT2D eigenvalue weighted by molar-refractivity contribution is 0.0954. The normalized spacial score (nSPS) is 11.7. The first-order valence-electron chi connectivity index (χ1n) is 8.24. The second kappa shape index (κ2) is 8.67. The molecule has 0 unspecified atom stereocenters. The number of carbonyl (C=O) groups is 1. The number of aromatic hydroxyl groups is 1. The van der Waals surface area contributed by atoms with E-state index < -0.39 is 11.5 Å². The van der Waals surface area contributed by atoms with Crippen molar-refractivity contribution in [2.75, 3.05) is 0 Å². The third-order valence-electron chi connectivity index (χ3n) is 3.70. The van der Waals surface area contributed by atoms with Gasteiger partial charge in [0.05, 0.1) is 5.71 Å². The number of nitrogens with one attached hydrogen (secondary N) is 1. The molecule has 0 saturated heterocycles. The fraction of sp³-hybridized carbons (Fsp3) is 0.316. The Bertz CT molecular complexity index is 870. The summed E-state index contributed by atoms with van der Waals surface area (Å²) >= 11 is 5.81. The highest BCUT2D eigenvalue weighted by Crippen LogP contribution is 2.19. The first-order chi connectivity index (χ1) is 12.3. The van der Waals surface area contributed by atoms with Crippen LogP contribution in [0.2, 0.25) is 5.02 Å². The topological polar surface area (TPSA) is 91.9 Å². The van der Waals surface area contributed by atoms with Crippen molar-refractivity contribution in [3.8, 4) is 5.75 Å². The number of nitrogens with zero attached hydrogens (tertiary/aromatic N) is 1. The maximum Gasteiger partial charge on any atom is 0.348 e. The van der Waals surface area contributed by atoms with Gasteiger partial charge in [-0.15, -0.1) is 0 Å². The van der Waals surface area contributed by atoms with Gasteiger partial charge in [0, 0.05) is 16.7 Å². The second-order valence-corrected chi connectivity index (χ2v) is 6.78. The molecule has 1 heterocycles. The number of hydrogen-bond acceptors (Lipinski definition) is 5. The Morgan fingerprint density at radius 3 is 2.54 bits per heavy atom. The van der Waals surface area contributed by atoms with Gasteiger partial charge in [0.15, 0.2) is 0 Å². The van der Waals surface area contributed by atoms with E-state index >= 15 is 0 Å². The molecule has 1 aromatic heterocycles.